The Hall–Kier alpha value is -1.23. The SMILES string of the molecule is CC1(C)c2cc(S)ccc2-c2ccc(BOC(C)(C)C(C)(C)O)cc21. The fourth-order valence-electron chi connectivity index (χ4n) is 3.30. The van der Waals surface area contributed by atoms with Gasteiger partial charge in [0.1, 0.15) is 0 Å². The van der Waals surface area contributed by atoms with E-state index in [2.05, 4.69) is 62.9 Å². The van der Waals surface area contributed by atoms with E-state index in [0.29, 0.717) is 7.48 Å². The van der Waals surface area contributed by atoms with E-state index >= 15 is 0 Å². The minimum absolute atomic E-state index is 0.0504. The topological polar surface area (TPSA) is 29.5 Å². The maximum atomic E-state index is 10.3. The van der Waals surface area contributed by atoms with Crippen LogP contribution in [0.4, 0.5) is 0 Å². The third kappa shape index (κ3) is 3.16. The fraction of sp³-hybridized carbons (Fsp3) is 0.429. The highest BCUT2D eigenvalue weighted by atomic mass is 32.1. The average molecular weight is 354 g/mol. The lowest BCUT2D eigenvalue weighted by molar-refractivity contribution is -0.0893. The molecule has 0 radical (unpaired) electrons. The Bertz CT molecular complexity index is 819. The molecule has 132 valence electrons. The van der Waals surface area contributed by atoms with Crippen LogP contribution >= 0.6 is 12.6 Å². The van der Waals surface area contributed by atoms with E-state index in [-0.39, 0.29) is 5.41 Å². The number of aliphatic hydroxyl groups is 1. The minimum atomic E-state index is -0.901. The number of thiol groups is 1. The minimum Gasteiger partial charge on any atom is -0.427 e. The molecule has 0 atom stereocenters. The molecular weight excluding hydrogens is 327 g/mol. The predicted octanol–water partition coefficient (Wildman–Crippen LogP) is 3.82. The molecule has 0 saturated heterocycles. The number of hydrogen-bond acceptors (Lipinski definition) is 3. The summed E-state index contributed by atoms with van der Waals surface area (Å²) in [7, 11) is 0.481. The Morgan fingerprint density at radius 1 is 0.960 bits per heavy atom. The van der Waals surface area contributed by atoms with Gasteiger partial charge in [0.05, 0.1) is 11.2 Å². The van der Waals surface area contributed by atoms with Gasteiger partial charge in [0.25, 0.3) is 0 Å². The van der Waals surface area contributed by atoms with E-state index in [0.717, 1.165) is 10.4 Å². The molecule has 1 N–H and O–H groups in total. The molecule has 0 aromatic heterocycles. The smallest absolute Gasteiger partial charge is 0.309 e. The largest absolute Gasteiger partial charge is 0.427 e. The molecule has 1 aliphatic rings. The third-order valence-electron chi connectivity index (χ3n) is 5.80. The molecule has 0 spiro atoms. The Balaban J connectivity index is 1.92. The lowest BCUT2D eigenvalue weighted by Crippen LogP contribution is -2.49. The van der Waals surface area contributed by atoms with Crippen molar-refractivity contribution < 1.29 is 9.76 Å². The summed E-state index contributed by atoms with van der Waals surface area (Å²) in [5, 5.41) is 10.3. The van der Waals surface area contributed by atoms with Crippen LogP contribution in [0, 0.1) is 0 Å². The van der Waals surface area contributed by atoms with Crippen molar-refractivity contribution in [2.75, 3.05) is 0 Å². The van der Waals surface area contributed by atoms with Gasteiger partial charge in [0, 0.05) is 10.3 Å². The number of fused-ring (bicyclic) bond motifs is 3. The Morgan fingerprint density at radius 2 is 1.52 bits per heavy atom. The molecule has 4 heteroatoms. The Morgan fingerprint density at radius 3 is 2.12 bits per heavy atom. The lowest BCUT2D eigenvalue weighted by Gasteiger charge is -2.37. The summed E-state index contributed by atoms with van der Waals surface area (Å²) < 4.78 is 6.04. The summed E-state index contributed by atoms with van der Waals surface area (Å²) in [6.45, 7) is 11.9. The number of hydrogen-bond donors (Lipinski definition) is 2. The van der Waals surface area contributed by atoms with Crippen LogP contribution in [-0.2, 0) is 10.1 Å². The van der Waals surface area contributed by atoms with Crippen LogP contribution in [-0.4, -0.2) is 23.8 Å². The zero-order chi connectivity index (χ0) is 18.6. The second kappa shape index (κ2) is 5.90. The normalized spacial score (nSPS) is 15.7. The highest BCUT2D eigenvalue weighted by Gasteiger charge is 2.37. The molecule has 25 heavy (non-hydrogen) atoms. The van der Waals surface area contributed by atoms with Gasteiger partial charge in [-0.2, -0.15) is 0 Å². The van der Waals surface area contributed by atoms with Crippen molar-refractivity contribution in [3.63, 3.8) is 0 Å². The van der Waals surface area contributed by atoms with E-state index in [1.807, 2.05) is 13.8 Å². The first-order valence-electron chi connectivity index (χ1n) is 8.77. The van der Waals surface area contributed by atoms with Crippen LogP contribution in [0.15, 0.2) is 41.3 Å². The zero-order valence-electron chi connectivity index (χ0n) is 16.0. The molecule has 2 aromatic carbocycles. The van der Waals surface area contributed by atoms with Gasteiger partial charge < -0.3 is 9.76 Å². The molecule has 0 amide bonds. The van der Waals surface area contributed by atoms with Crippen LogP contribution in [0.1, 0.15) is 52.7 Å². The molecule has 0 fully saturated rings. The summed E-state index contributed by atoms with van der Waals surface area (Å²) >= 11 is 4.51. The van der Waals surface area contributed by atoms with E-state index in [9.17, 15) is 5.11 Å². The monoisotopic (exact) mass is 354 g/mol. The van der Waals surface area contributed by atoms with Crippen molar-refractivity contribution in [3.8, 4) is 11.1 Å². The number of rotatable bonds is 4. The predicted molar refractivity (Wildman–Crippen MR) is 110 cm³/mol. The van der Waals surface area contributed by atoms with Gasteiger partial charge >= 0.3 is 7.48 Å². The highest BCUT2D eigenvalue weighted by molar-refractivity contribution is 7.80. The van der Waals surface area contributed by atoms with Crippen molar-refractivity contribution in [2.45, 2.75) is 63.1 Å². The van der Waals surface area contributed by atoms with Gasteiger partial charge in [-0.1, -0.05) is 43.6 Å². The molecule has 2 nitrogen and oxygen atoms in total. The van der Waals surface area contributed by atoms with Crippen molar-refractivity contribution in [1.82, 2.24) is 0 Å². The molecule has 0 unspecified atom stereocenters. The fourth-order valence-corrected chi connectivity index (χ4v) is 3.51. The van der Waals surface area contributed by atoms with Gasteiger partial charge in [-0.3, -0.25) is 0 Å². The lowest BCUT2D eigenvalue weighted by atomic mass is 9.77. The first kappa shape index (κ1) is 18.6. The van der Waals surface area contributed by atoms with Crippen molar-refractivity contribution in [1.29, 1.82) is 0 Å². The average Bonchev–Trinajstić information content (AvgIpc) is 2.72. The summed E-state index contributed by atoms with van der Waals surface area (Å²) in [5.41, 5.74) is 4.79. The first-order chi connectivity index (χ1) is 11.4. The zero-order valence-corrected chi connectivity index (χ0v) is 16.9. The molecule has 0 saturated carbocycles. The van der Waals surface area contributed by atoms with Crippen LogP contribution < -0.4 is 5.46 Å². The van der Waals surface area contributed by atoms with Gasteiger partial charge in [0.2, 0.25) is 0 Å². The third-order valence-corrected chi connectivity index (χ3v) is 6.08. The van der Waals surface area contributed by atoms with Gasteiger partial charge in [0.15, 0.2) is 0 Å². The van der Waals surface area contributed by atoms with Crippen molar-refractivity contribution in [2.24, 2.45) is 0 Å². The summed E-state index contributed by atoms with van der Waals surface area (Å²) in [4.78, 5) is 0.995. The van der Waals surface area contributed by atoms with Crippen LogP contribution in [0.5, 0.6) is 0 Å². The van der Waals surface area contributed by atoms with E-state index in [4.69, 9.17) is 4.65 Å². The second-order valence-electron chi connectivity index (χ2n) is 8.59. The van der Waals surface area contributed by atoms with Crippen molar-refractivity contribution >= 4 is 25.6 Å². The van der Waals surface area contributed by atoms with Crippen LogP contribution in [0.25, 0.3) is 11.1 Å². The molecule has 2 aromatic rings. The molecule has 0 bridgehead atoms. The number of benzene rings is 2. The summed E-state index contributed by atoms with van der Waals surface area (Å²) in [6, 6.07) is 12.9. The highest BCUT2D eigenvalue weighted by Crippen LogP contribution is 2.48. The first-order valence-corrected chi connectivity index (χ1v) is 9.22. The van der Waals surface area contributed by atoms with Crippen LogP contribution in [0.2, 0.25) is 0 Å². The van der Waals surface area contributed by atoms with Gasteiger partial charge in [-0.15, -0.1) is 12.6 Å². The second-order valence-corrected chi connectivity index (χ2v) is 9.11. The molecule has 3 rings (SSSR count). The molecule has 0 heterocycles. The standard InChI is InChI=1S/C21H27BO2S/c1-19(2)17-11-13(22-24-21(5,6)20(3,4)23)7-9-15(17)16-10-8-14(25)12-18(16)19/h7-12,22-23,25H,1-6H3. The quantitative estimate of drug-likeness (QED) is 0.646. The summed E-state index contributed by atoms with van der Waals surface area (Å²) in [6.07, 6.45) is 0. The van der Waals surface area contributed by atoms with E-state index in [1.165, 1.54) is 22.3 Å². The Labute approximate surface area is 157 Å². The van der Waals surface area contributed by atoms with E-state index in [1.54, 1.807) is 13.8 Å². The molecule has 1 aliphatic carbocycles. The van der Waals surface area contributed by atoms with Gasteiger partial charge in [-0.25, -0.2) is 0 Å². The maximum absolute atomic E-state index is 10.3. The molecular formula is C21H27BO2S. The van der Waals surface area contributed by atoms with Gasteiger partial charge in [-0.05, 0) is 62.1 Å². The van der Waals surface area contributed by atoms with Crippen molar-refractivity contribution in [3.05, 3.63) is 47.5 Å². The summed E-state index contributed by atoms with van der Waals surface area (Å²) in [5.74, 6) is 0. The Kier molecular flexibility index (Phi) is 4.38. The maximum Gasteiger partial charge on any atom is 0.309 e. The van der Waals surface area contributed by atoms with E-state index < -0.39 is 11.2 Å². The molecule has 0 aliphatic heterocycles. The van der Waals surface area contributed by atoms with Crippen LogP contribution in [0.3, 0.4) is 0 Å².